The predicted molar refractivity (Wildman–Crippen MR) is 91.0 cm³/mol. The summed E-state index contributed by atoms with van der Waals surface area (Å²) in [4.78, 5) is 0. The molecule has 0 aliphatic carbocycles. The minimum Gasteiger partial charge on any atom is -0.508 e. The molecule has 21 heavy (non-hydrogen) atoms. The molecule has 2 aromatic rings. The Kier molecular flexibility index (Phi) is 8.05. The molecule has 0 saturated heterocycles. The molecule has 2 aromatic carbocycles. The van der Waals surface area contributed by atoms with Gasteiger partial charge in [-0.3, -0.25) is 0 Å². The first kappa shape index (κ1) is 17.7. The molecular weight excluding hydrogens is 330 g/mol. The average Bonchev–Trinajstić information content (AvgIpc) is 2.49. The largest absolute Gasteiger partial charge is 0.508 e. The topological polar surface area (TPSA) is 52.5 Å². The molecule has 4 heteroatoms. The van der Waals surface area contributed by atoms with Crippen molar-refractivity contribution in [1.29, 1.82) is 0 Å². The highest BCUT2D eigenvalue weighted by Crippen LogP contribution is 2.12. The van der Waals surface area contributed by atoms with Gasteiger partial charge in [0, 0.05) is 6.54 Å². The van der Waals surface area contributed by atoms with Crippen LogP contribution in [0.25, 0.3) is 0 Å². The van der Waals surface area contributed by atoms with Crippen molar-refractivity contribution >= 4 is 17.0 Å². The van der Waals surface area contributed by atoms with Crippen molar-refractivity contribution in [3.63, 3.8) is 0 Å². The summed E-state index contributed by atoms with van der Waals surface area (Å²) in [5.74, 6) is 0.304. The zero-order valence-corrected chi connectivity index (χ0v) is 13.6. The highest BCUT2D eigenvalue weighted by Gasteiger charge is 2.05. The molecule has 1 atom stereocenters. The predicted octanol–water partition coefficient (Wildman–Crippen LogP) is 3.23. The van der Waals surface area contributed by atoms with Crippen molar-refractivity contribution in [3.8, 4) is 5.75 Å². The molecular formula is C17H22BrNO2. The van der Waals surface area contributed by atoms with Gasteiger partial charge >= 0.3 is 0 Å². The number of rotatable bonds is 7. The van der Waals surface area contributed by atoms with E-state index in [4.69, 9.17) is 0 Å². The van der Waals surface area contributed by atoms with Crippen molar-refractivity contribution in [1.82, 2.24) is 5.32 Å². The maximum Gasteiger partial charge on any atom is 0.115 e. The van der Waals surface area contributed by atoms with Gasteiger partial charge in [0.2, 0.25) is 0 Å². The van der Waals surface area contributed by atoms with E-state index in [0.717, 1.165) is 24.9 Å². The van der Waals surface area contributed by atoms with E-state index in [1.54, 1.807) is 12.1 Å². The van der Waals surface area contributed by atoms with Crippen molar-refractivity contribution in [2.45, 2.75) is 18.9 Å². The summed E-state index contributed by atoms with van der Waals surface area (Å²) in [6, 6.07) is 17.0. The van der Waals surface area contributed by atoms with Crippen molar-refractivity contribution in [3.05, 3.63) is 65.7 Å². The lowest BCUT2D eigenvalue weighted by molar-refractivity contribution is 0.175. The van der Waals surface area contributed by atoms with E-state index in [-0.39, 0.29) is 17.0 Å². The second kappa shape index (κ2) is 9.55. The second-order valence-electron chi connectivity index (χ2n) is 4.90. The summed E-state index contributed by atoms with van der Waals surface area (Å²) in [5.41, 5.74) is 2.16. The lowest BCUT2D eigenvalue weighted by Gasteiger charge is -2.12. The van der Waals surface area contributed by atoms with E-state index < -0.39 is 6.10 Å². The monoisotopic (exact) mass is 351 g/mol. The minimum atomic E-state index is -0.454. The van der Waals surface area contributed by atoms with Crippen LogP contribution in [-0.4, -0.2) is 23.3 Å². The van der Waals surface area contributed by atoms with Crippen LogP contribution in [0.2, 0.25) is 0 Å². The number of aliphatic hydroxyl groups excluding tert-OH is 1. The maximum atomic E-state index is 9.98. The van der Waals surface area contributed by atoms with E-state index in [9.17, 15) is 10.2 Å². The Morgan fingerprint density at radius 1 is 0.952 bits per heavy atom. The first-order chi connectivity index (χ1) is 9.75. The molecule has 0 bridgehead atoms. The third kappa shape index (κ3) is 6.29. The Balaban J connectivity index is 0.00000220. The van der Waals surface area contributed by atoms with Crippen molar-refractivity contribution in [2.24, 2.45) is 0 Å². The highest BCUT2D eigenvalue weighted by atomic mass is 79.9. The van der Waals surface area contributed by atoms with E-state index in [1.807, 2.05) is 42.5 Å². The van der Waals surface area contributed by atoms with E-state index in [1.165, 1.54) is 5.56 Å². The Morgan fingerprint density at radius 2 is 1.62 bits per heavy atom. The molecule has 0 amide bonds. The number of nitrogens with one attached hydrogen (secondary N) is 1. The van der Waals surface area contributed by atoms with Crippen molar-refractivity contribution < 1.29 is 10.2 Å². The van der Waals surface area contributed by atoms with Crippen molar-refractivity contribution in [2.75, 3.05) is 13.1 Å². The molecule has 3 nitrogen and oxygen atoms in total. The standard InChI is InChI=1S/C17H21NO2.BrH/c19-16-10-8-14(9-11-16)5-4-12-18-13-17(20)15-6-2-1-3-7-15;/h1-3,6-11,17-20H,4-5,12-13H2;1H. The first-order valence-corrected chi connectivity index (χ1v) is 6.97. The smallest absolute Gasteiger partial charge is 0.115 e. The zero-order valence-electron chi connectivity index (χ0n) is 11.9. The normalized spacial score (nSPS) is 11.7. The molecule has 0 fully saturated rings. The van der Waals surface area contributed by atoms with Gasteiger partial charge < -0.3 is 15.5 Å². The van der Waals surface area contributed by atoms with Crippen LogP contribution in [-0.2, 0) is 6.42 Å². The molecule has 0 aliphatic rings. The quantitative estimate of drug-likeness (QED) is 0.671. The van der Waals surface area contributed by atoms with Crippen LogP contribution in [0.15, 0.2) is 54.6 Å². The number of aryl methyl sites for hydroxylation is 1. The molecule has 114 valence electrons. The van der Waals surface area contributed by atoms with Gasteiger partial charge in [0.05, 0.1) is 6.10 Å². The third-order valence-corrected chi connectivity index (χ3v) is 3.28. The van der Waals surface area contributed by atoms with Gasteiger partial charge in [0.25, 0.3) is 0 Å². The Bertz CT molecular complexity index is 502. The Hall–Kier alpha value is -1.36. The van der Waals surface area contributed by atoms with Gasteiger partial charge in [-0.15, -0.1) is 17.0 Å². The van der Waals surface area contributed by atoms with Crippen LogP contribution >= 0.6 is 17.0 Å². The second-order valence-corrected chi connectivity index (χ2v) is 4.90. The highest BCUT2D eigenvalue weighted by molar-refractivity contribution is 8.93. The molecule has 0 radical (unpaired) electrons. The fourth-order valence-electron chi connectivity index (χ4n) is 2.11. The number of hydrogen-bond acceptors (Lipinski definition) is 3. The molecule has 3 N–H and O–H groups in total. The fourth-order valence-corrected chi connectivity index (χ4v) is 2.11. The van der Waals surface area contributed by atoms with Crippen LogP contribution < -0.4 is 5.32 Å². The lowest BCUT2D eigenvalue weighted by atomic mass is 10.1. The van der Waals surface area contributed by atoms with E-state index >= 15 is 0 Å². The molecule has 0 spiro atoms. The lowest BCUT2D eigenvalue weighted by Crippen LogP contribution is -2.22. The van der Waals surface area contributed by atoms with Gasteiger partial charge in [-0.1, -0.05) is 42.5 Å². The summed E-state index contributed by atoms with van der Waals surface area (Å²) in [7, 11) is 0. The Morgan fingerprint density at radius 3 is 2.29 bits per heavy atom. The molecule has 0 saturated carbocycles. The summed E-state index contributed by atoms with van der Waals surface area (Å²) in [5, 5.41) is 22.4. The fraction of sp³-hybridized carbons (Fsp3) is 0.294. The molecule has 1 unspecified atom stereocenters. The summed E-state index contributed by atoms with van der Waals surface area (Å²) in [6.07, 6.45) is 1.52. The first-order valence-electron chi connectivity index (χ1n) is 6.97. The Labute approximate surface area is 136 Å². The minimum absolute atomic E-state index is 0. The third-order valence-electron chi connectivity index (χ3n) is 3.28. The number of phenols is 1. The molecule has 2 rings (SSSR count). The number of hydrogen-bond donors (Lipinski definition) is 3. The average molecular weight is 352 g/mol. The number of benzene rings is 2. The summed E-state index contributed by atoms with van der Waals surface area (Å²) in [6.45, 7) is 1.43. The van der Waals surface area contributed by atoms with Crippen LogP contribution in [0.3, 0.4) is 0 Å². The SMILES string of the molecule is Br.Oc1ccc(CCCNCC(O)c2ccccc2)cc1. The van der Waals surface area contributed by atoms with Gasteiger partial charge in [-0.25, -0.2) is 0 Å². The number of halogens is 1. The summed E-state index contributed by atoms with van der Waals surface area (Å²) >= 11 is 0. The molecule has 0 aliphatic heterocycles. The zero-order chi connectivity index (χ0) is 14.2. The number of aliphatic hydroxyl groups is 1. The van der Waals surface area contributed by atoms with Gasteiger partial charge in [-0.2, -0.15) is 0 Å². The number of aromatic hydroxyl groups is 1. The summed E-state index contributed by atoms with van der Waals surface area (Å²) < 4.78 is 0. The van der Waals surface area contributed by atoms with E-state index in [0.29, 0.717) is 12.3 Å². The maximum absolute atomic E-state index is 9.98. The van der Waals surface area contributed by atoms with Gasteiger partial charge in [0.15, 0.2) is 0 Å². The van der Waals surface area contributed by atoms with E-state index in [2.05, 4.69) is 5.32 Å². The van der Waals surface area contributed by atoms with Crippen LogP contribution in [0.4, 0.5) is 0 Å². The number of phenolic OH excluding ortho intramolecular Hbond substituents is 1. The molecule has 0 aromatic heterocycles. The van der Waals surface area contributed by atoms with Gasteiger partial charge in [0.1, 0.15) is 5.75 Å². The molecule has 0 heterocycles. The van der Waals surface area contributed by atoms with Gasteiger partial charge in [-0.05, 0) is 42.6 Å². The van der Waals surface area contributed by atoms with Crippen LogP contribution in [0.1, 0.15) is 23.7 Å². The van der Waals surface area contributed by atoms with Crippen LogP contribution in [0.5, 0.6) is 5.75 Å². The van der Waals surface area contributed by atoms with Crippen LogP contribution in [0, 0.1) is 0 Å².